The van der Waals surface area contributed by atoms with E-state index in [1.165, 1.54) is 56.3 Å². The standard InChI is InChI=1S/C26H44N2O2.ClH/c1-7-8-13-27-14-16-28(17-15-27)23-19-25(30-6)24(29-5)18-22(23)20-9-11-21(12-10-20)26(2,3)4;/h18-21H,7-17H2,1-6H3;1H. The highest BCUT2D eigenvalue weighted by Crippen LogP contribution is 2.47. The van der Waals surface area contributed by atoms with E-state index in [0.29, 0.717) is 11.3 Å². The predicted molar refractivity (Wildman–Crippen MR) is 135 cm³/mol. The molecule has 0 atom stereocenters. The van der Waals surface area contributed by atoms with E-state index in [9.17, 15) is 0 Å². The zero-order valence-corrected chi connectivity index (χ0v) is 21.5. The molecule has 0 bridgehead atoms. The molecule has 4 nitrogen and oxygen atoms in total. The number of anilines is 1. The van der Waals surface area contributed by atoms with Crippen molar-refractivity contribution >= 4 is 18.1 Å². The number of benzene rings is 1. The first-order valence-corrected chi connectivity index (χ1v) is 12.1. The van der Waals surface area contributed by atoms with Crippen LogP contribution in [0, 0.1) is 11.3 Å². The quantitative estimate of drug-likeness (QED) is 0.480. The molecule has 2 fully saturated rings. The van der Waals surface area contributed by atoms with E-state index in [1.54, 1.807) is 14.2 Å². The molecule has 1 aromatic rings. The van der Waals surface area contributed by atoms with Gasteiger partial charge in [-0.1, -0.05) is 34.1 Å². The van der Waals surface area contributed by atoms with E-state index in [1.807, 2.05) is 0 Å². The smallest absolute Gasteiger partial charge is 0.162 e. The number of methoxy groups -OCH3 is 2. The minimum absolute atomic E-state index is 0. The Kier molecular flexibility index (Phi) is 9.82. The molecule has 5 heteroatoms. The Morgan fingerprint density at radius 3 is 2.00 bits per heavy atom. The van der Waals surface area contributed by atoms with Gasteiger partial charge in [0.25, 0.3) is 0 Å². The fourth-order valence-corrected chi connectivity index (χ4v) is 5.35. The molecule has 3 rings (SSSR count). The lowest BCUT2D eigenvalue weighted by molar-refractivity contribution is 0.169. The molecule has 0 radical (unpaired) electrons. The maximum absolute atomic E-state index is 5.70. The molecule has 1 aromatic carbocycles. The second-order valence-electron chi connectivity index (χ2n) is 10.4. The van der Waals surface area contributed by atoms with Gasteiger partial charge >= 0.3 is 0 Å². The van der Waals surface area contributed by atoms with Crippen molar-refractivity contribution in [2.45, 2.75) is 72.1 Å². The number of unbranched alkanes of at least 4 members (excludes halogenated alkanes) is 1. The van der Waals surface area contributed by atoms with Crippen LogP contribution in [0.2, 0.25) is 0 Å². The monoisotopic (exact) mass is 452 g/mol. The summed E-state index contributed by atoms with van der Waals surface area (Å²) in [6.45, 7) is 15.2. The first-order valence-electron chi connectivity index (χ1n) is 12.1. The summed E-state index contributed by atoms with van der Waals surface area (Å²) < 4.78 is 11.4. The van der Waals surface area contributed by atoms with Crippen LogP contribution in [0.1, 0.15) is 77.7 Å². The average Bonchev–Trinajstić information content (AvgIpc) is 2.76. The number of nitrogens with zero attached hydrogens (tertiary/aromatic N) is 2. The Labute approximate surface area is 197 Å². The highest BCUT2D eigenvalue weighted by atomic mass is 35.5. The van der Waals surface area contributed by atoms with Crippen molar-refractivity contribution in [3.63, 3.8) is 0 Å². The van der Waals surface area contributed by atoms with Crippen molar-refractivity contribution in [1.82, 2.24) is 4.90 Å². The van der Waals surface area contributed by atoms with Crippen LogP contribution >= 0.6 is 12.4 Å². The number of rotatable bonds is 7. The number of ether oxygens (including phenoxy) is 2. The largest absolute Gasteiger partial charge is 0.493 e. The van der Waals surface area contributed by atoms with Crippen molar-refractivity contribution in [3.05, 3.63) is 17.7 Å². The third-order valence-electron chi connectivity index (χ3n) is 7.47. The van der Waals surface area contributed by atoms with Crippen molar-refractivity contribution in [2.75, 3.05) is 51.8 Å². The fourth-order valence-electron chi connectivity index (χ4n) is 5.35. The molecule has 0 unspecified atom stereocenters. The molecule has 178 valence electrons. The summed E-state index contributed by atoms with van der Waals surface area (Å²) in [6.07, 6.45) is 7.79. The van der Waals surface area contributed by atoms with Crippen LogP contribution in [0.4, 0.5) is 5.69 Å². The molecule has 1 aliphatic heterocycles. The Bertz CT molecular complexity index is 673. The number of hydrogen-bond donors (Lipinski definition) is 0. The molecule has 1 saturated heterocycles. The summed E-state index contributed by atoms with van der Waals surface area (Å²) in [7, 11) is 3.50. The van der Waals surface area contributed by atoms with E-state index >= 15 is 0 Å². The maximum Gasteiger partial charge on any atom is 0.162 e. The second-order valence-corrected chi connectivity index (χ2v) is 10.4. The molecular weight excluding hydrogens is 408 g/mol. The van der Waals surface area contributed by atoms with Crippen LogP contribution in [0.15, 0.2) is 12.1 Å². The normalized spacial score (nSPS) is 22.7. The van der Waals surface area contributed by atoms with Gasteiger partial charge in [-0.25, -0.2) is 0 Å². The van der Waals surface area contributed by atoms with Gasteiger partial charge in [0.05, 0.1) is 14.2 Å². The van der Waals surface area contributed by atoms with Gasteiger partial charge in [0.1, 0.15) is 0 Å². The van der Waals surface area contributed by atoms with Crippen molar-refractivity contribution < 1.29 is 9.47 Å². The zero-order valence-electron chi connectivity index (χ0n) is 20.7. The summed E-state index contributed by atoms with van der Waals surface area (Å²) in [6, 6.07) is 4.52. The van der Waals surface area contributed by atoms with E-state index in [2.05, 4.69) is 49.6 Å². The van der Waals surface area contributed by atoms with E-state index in [4.69, 9.17) is 9.47 Å². The number of piperazine rings is 1. The van der Waals surface area contributed by atoms with Gasteiger partial charge in [0.2, 0.25) is 0 Å². The summed E-state index contributed by atoms with van der Waals surface area (Å²) in [4.78, 5) is 5.21. The second kappa shape index (κ2) is 11.7. The lowest BCUT2D eigenvalue weighted by atomic mass is 9.68. The minimum atomic E-state index is 0. The van der Waals surface area contributed by atoms with E-state index in [0.717, 1.165) is 43.6 Å². The summed E-state index contributed by atoms with van der Waals surface area (Å²) in [5.41, 5.74) is 3.27. The molecule has 0 spiro atoms. The Morgan fingerprint density at radius 2 is 1.48 bits per heavy atom. The van der Waals surface area contributed by atoms with Gasteiger partial charge in [-0.05, 0) is 67.5 Å². The van der Waals surface area contributed by atoms with Gasteiger partial charge in [-0.15, -0.1) is 12.4 Å². The Morgan fingerprint density at radius 1 is 0.903 bits per heavy atom. The molecule has 31 heavy (non-hydrogen) atoms. The molecule has 1 aliphatic carbocycles. The Balaban J connectivity index is 0.00000341. The van der Waals surface area contributed by atoms with Crippen LogP contribution in [-0.2, 0) is 0 Å². The number of hydrogen-bond acceptors (Lipinski definition) is 4. The molecule has 0 aromatic heterocycles. The first kappa shape index (κ1) is 26.1. The topological polar surface area (TPSA) is 24.9 Å². The minimum Gasteiger partial charge on any atom is -0.493 e. The van der Waals surface area contributed by atoms with Crippen LogP contribution in [0.3, 0.4) is 0 Å². The lowest BCUT2D eigenvalue weighted by Crippen LogP contribution is -2.47. The zero-order chi connectivity index (χ0) is 21.7. The molecule has 0 N–H and O–H groups in total. The van der Waals surface area contributed by atoms with E-state index in [-0.39, 0.29) is 12.4 Å². The summed E-state index contributed by atoms with van der Waals surface area (Å²) in [5, 5.41) is 0. The summed E-state index contributed by atoms with van der Waals surface area (Å²) >= 11 is 0. The molecule has 1 saturated carbocycles. The Hall–Kier alpha value is -1.13. The molecule has 0 amide bonds. The van der Waals surface area contributed by atoms with Crippen LogP contribution in [-0.4, -0.2) is 51.8 Å². The van der Waals surface area contributed by atoms with Gasteiger partial charge < -0.3 is 14.4 Å². The van der Waals surface area contributed by atoms with Crippen LogP contribution in [0.5, 0.6) is 11.5 Å². The fraction of sp³-hybridized carbons (Fsp3) is 0.769. The van der Waals surface area contributed by atoms with Crippen LogP contribution in [0.25, 0.3) is 0 Å². The highest BCUT2D eigenvalue weighted by molar-refractivity contribution is 5.85. The highest BCUT2D eigenvalue weighted by Gasteiger charge is 2.32. The maximum atomic E-state index is 5.70. The van der Waals surface area contributed by atoms with Crippen molar-refractivity contribution in [2.24, 2.45) is 11.3 Å². The van der Waals surface area contributed by atoms with Gasteiger partial charge in [0, 0.05) is 37.9 Å². The third-order valence-corrected chi connectivity index (χ3v) is 7.47. The van der Waals surface area contributed by atoms with Gasteiger partial charge in [-0.3, -0.25) is 4.90 Å². The molecule has 2 aliphatic rings. The molecular formula is C26H45ClN2O2. The predicted octanol–water partition coefficient (Wildman–Crippen LogP) is 6.37. The van der Waals surface area contributed by atoms with Crippen molar-refractivity contribution in [3.8, 4) is 11.5 Å². The van der Waals surface area contributed by atoms with Crippen LogP contribution < -0.4 is 14.4 Å². The van der Waals surface area contributed by atoms with Crippen molar-refractivity contribution in [1.29, 1.82) is 0 Å². The lowest BCUT2D eigenvalue weighted by Gasteiger charge is -2.40. The van der Waals surface area contributed by atoms with Gasteiger partial charge in [0.15, 0.2) is 11.5 Å². The van der Waals surface area contributed by atoms with Gasteiger partial charge in [-0.2, -0.15) is 0 Å². The molecule has 1 heterocycles. The number of halogens is 1. The first-order chi connectivity index (χ1) is 14.4. The third kappa shape index (κ3) is 6.44. The van der Waals surface area contributed by atoms with E-state index < -0.39 is 0 Å². The average molecular weight is 453 g/mol. The SMILES string of the molecule is CCCCN1CCN(c2cc(OC)c(OC)cc2C2CCC(C(C)(C)C)CC2)CC1.Cl. The summed E-state index contributed by atoms with van der Waals surface area (Å²) in [5.74, 6) is 3.18.